The van der Waals surface area contributed by atoms with Gasteiger partial charge < -0.3 is 15.4 Å². The normalized spacial score (nSPS) is 12.9. The van der Waals surface area contributed by atoms with Gasteiger partial charge in [-0.25, -0.2) is 9.29 Å². The number of rotatable bonds is 9. The zero-order valence-electron chi connectivity index (χ0n) is 21.9. The average Bonchev–Trinajstić information content (AvgIpc) is 3.22. The van der Waals surface area contributed by atoms with Crippen LogP contribution in [0.5, 0.6) is 5.75 Å². The van der Waals surface area contributed by atoms with Gasteiger partial charge in [0.1, 0.15) is 22.2 Å². The molecule has 0 unspecified atom stereocenters. The number of amides is 3. The van der Waals surface area contributed by atoms with Gasteiger partial charge in [-0.15, -0.1) is 0 Å². The Morgan fingerprint density at radius 3 is 2.07 bits per heavy atom. The summed E-state index contributed by atoms with van der Waals surface area (Å²) in [6.45, 7) is 0. The van der Waals surface area contributed by atoms with Crippen LogP contribution in [0.1, 0.15) is 10.4 Å². The van der Waals surface area contributed by atoms with E-state index in [0.29, 0.717) is 22.0 Å². The second-order valence-electron chi connectivity index (χ2n) is 8.86. The highest BCUT2D eigenvalue weighted by atomic mass is 32.2. The summed E-state index contributed by atoms with van der Waals surface area (Å²) >= 11 is 1.06. The van der Waals surface area contributed by atoms with Gasteiger partial charge in [0.25, 0.3) is 23.4 Å². The highest BCUT2D eigenvalue weighted by molar-refractivity contribution is 8.04. The molecule has 0 aliphatic carbocycles. The molecule has 0 saturated heterocycles. The van der Waals surface area contributed by atoms with Gasteiger partial charge in [-0.05, 0) is 84.9 Å². The minimum atomic E-state index is -0.600. The minimum Gasteiger partial charge on any atom is -0.497 e. The van der Waals surface area contributed by atoms with Gasteiger partial charge in [0.15, 0.2) is 0 Å². The molecule has 0 spiro atoms. The van der Waals surface area contributed by atoms with Crippen LogP contribution in [-0.4, -0.2) is 29.8 Å². The van der Waals surface area contributed by atoms with E-state index in [0.717, 1.165) is 16.7 Å². The Morgan fingerprint density at radius 2 is 1.48 bits per heavy atom. The second kappa shape index (κ2) is 11.9. The third-order valence-corrected chi connectivity index (χ3v) is 7.25. The third kappa shape index (κ3) is 5.98. The van der Waals surface area contributed by atoms with Crippen molar-refractivity contribution < 1.29 is 28.4 Å². The van der Waals surface area contributed by atoms with Crippen molar-refractivity contribution in [1.82, 2.24) is 0 Å². The molecule has 0 fully saturated rings. The van der Waals surface area contributed by atoms with E-state index in [-0.39, 0.29) is 27.5 Å². The van der Waals surface area contributed by atoms with Crippen molar-refractivity contribution in [3.8, 4) is 5.75 Å². The molecule has 2 N–H and O–H groups in total. The molecule has 0 saturated carbocycles. The quantitative estimate of drug-likeness (QED) is 0.140. The lowest BCUT2D eigenvalue weighted by atomic mass is 10.2. The maximum Gasteiger partial charge on any atom is 0.283 e. The Labute approximate surface area is 242 Å². The van der Waals surface area contributed by atoms with Crippen LogP contribution >= 0.6 is 11.8 Å². The molecule has 0 atom stereocenters. The lowest BCUT2D eigenvalue weighted by Gasteiger charge is -2.15. The standard InChI is InChI=1S/C30H21FN4O6S/c1-41-24-14-6-20(7-15-24)32-26-27(30(38)34(29(26)37)22-12-4-19(31)5-13-22)42-25-16-8-21(9-17-25)33-28(36)18-2-10-23(11-3-18)35(39)40/h2-17,32H,1H3,(H,33,36). The predicted octanol–water partition coefficient (Wildman–Crippen LogP) is 5.98. The Hall–Kier alpha value is -5.49. The number of methoxy groups -OCH3 is 1. The van der Waals surface area contributed by atoms with Crippen molar-refractivity contribution in [2.75, 3.05) is 22.6 Å². The second-order valence-corrected chi connectivity index (χ2v) is 9.95. The number of non-ortho nitro benzene ring substituents is 1. The summed E-state index contributed by atoms with van der Waals surface area (Å²) in [6.07, 6.45) is 0. The molecule has 0 aromatic heterocycles. The van der Waals surface area contributed by atoms with E-state index < -0.39 is 28.5 Å². The number of carbonyl (C=O) groups excluding carboxylic acids is 3. The average molecular weight is 585 g/mol. The lowest BCUT2D eigenvalue weighted by Crippen LogP contribution is -2.32. The molecule has 1 heterocycles. The Kier molecular flexibility index (Phi) is 7.98. The van der Waals surface area contributed by atoms with Crippen LogP contribution < -0.4 is 20.3 Å². The van der Waals surface area contributed by atoms with E-state index in [2.05, 4.69) is 10.6 Å². The summed E-state index contributed by atoms with van der Waals surface area (Å²) in [5, 5.41) is 16.6. The fraction of sp³-hybridized carbons (Fsp3) is 0.0333. The summed E-state index contributed by atoms with van der Waals surface area (Å²) in [7, 11) is 1.53. The molecular weight excluding hydrogens is 563 g/mol. The van der Waals surface area contributed by atoms with Crippen molar-refractivity contribution in [2.24, 2.45) is 0 Å². The van der Waals surface area contributed by atoms with Crippen molar-refractivity contribution in [2.45, 2.75) is 4.90 Å². The number of imide groups is 1. The number of nitrogens with zero attached hydrogens (tertiary/aromatic N) is 2. The van der Waals surface area contributed by atoms with Crippen molar-refractivity contribution in [3.05, 3.63) is 129 Å². The highest BCUT2D eigenvalue weighted by Gasteiger charge is 2.40. The van der Waals surface area contributed by atoms with Gasteiger partial charge in [-0.2, -0.15) is 0 Å². The number of halogens is 1. The molecule has 5 rings (SSSR count). The van der Waals surface area contributed by atoms with Crippen molar-refractivity contribution >= 4 is 52.2 Å². The SMILES string of the molecule is COc1ccc(NC2=C(Sc3ccc(NC(=O)c4ccc([N+](=O)[O-])cc4)cc3)C(=O)N(c3ccc(F)cc3)C2=O)cc1. The number of benzene rings is 4. The fourth-order valence-electron chi connectivity index (χ4n) is 4.02. The number of nitro groups is 1. The van der Waals surface area contributed by atoms with Gasteiger partial charge in [-0.1, -0.05) is 11.8 Å². The summed E-state index contributed by atoms with van der Waals surface area (Å²) in [6, 6.07) is 23.7. The van der Waals surface area contributed by atoms with Gasteiger partial charge in [-0.3, -0.25) is 24.5 Å². The van der Waals surface area contributed by atoms with E-state index in [1.807, 2.05) is 0 Å². The molecule has 0 bridgehead atoms. The van der Waals surface area contributed by atoms with Crippen LogP contribution in [0.25, 0.3) is 0 Å². The predicted molar refractivity (Wildman–Crippen MR) is 156 cm³/mol. The maximum absolute atomic E-state index is 13.5. The van der Waals surface area contributed by atoms with Crippen LogP contribution in [-0.2, 0) is 9.59 Å². The number of nitro benzene ring substituents is 1. The summed E-state index contributed by atoms with van der Waals surface area (Å²) in [4.78, 5) is 51.6. The zero-order valence-corrected chi connectivity index (χ0v) is 22.7. The van der Waals surface area contributed by atoms with Crippen molar-refractivity contribution in [3.63, 3.8) is 0 Å². The Balaban J connectivity index is 1.38. The van der Waals surface area contributed by atoms with Gasteiger partial charge >= 0.3 is 0 Å². The number of ether oxygens (including phenoxy) is 1. The molecule has 4 aromatic rings. The first kappa shape index (κ1) is 28.1. The van der Waals surface area contributed by atoms with E-state index >= 15 is 0 Å². The van der Waals surface area contributed by atoms with E-state index in [1.165, 1.54) is 55.6 Å². The monoisotopic (exact) mass is 584 g/mol. The first-order valence-electron chi connectivity index (χ1n) is 12.4. The zero-order chi connectivity index (χ0) is 29.8. The molecule has 0 radical (unpaired) electrons. The number of hydrogen-bond acceptors (Lipinski definition) is 8. The first-order chi connectivity index (χ1) is 20.2. The lowest BCUT2D eigenvalue weighted by molar-refractivity contribution is -0.384. The van der Waals surface area contributed by atoms with Crippen LogP contribution in [0.2, 0.25) is 0 Å². The molecular formula is C30H21FN4O6S. The van der Waals surface area contributed by atoms with Crippen LogP contribution in [0.3, 0.4) is 0 Å². The molecule has 42 heavy (non-hydrogen) atoms. The molecule has 10 nitrogen and oxygen atoms in total. The number of nitrogens with one attached hydrogen (secondary N) is 2. The van der Waals surface area contributed by atoms with Gasteiger partial charge in [0.2, 0.25) is 0 Å². The molecule has 1 aliphatic rings. The smallest absolute Gasteiger partial charge is 0.283 e. The number of anilines is 3. The number of hydrogen-bond donors (Lipinski definition) is 2. The topological polar surface area (TPSA) is 131 Å². The minimum absolute atomic E-state index is 0.0510. The van der Waals surface area contributed by atoms with Crippen LogP contribution in [0, 0.1) is 15.9 Å². The van der Waals surface area contributed by atoms with Gasteiger partial charge in [0, 0.05) is 34.0 Å². The van der Waals surface area contributed by atoms with Crippen LogP contribution in [0.15, 0.2) is 113 Å². The largest absolute Gasteiger partial charge is 0.497 e. The fourth-order valence-corrected chi connectivity index (χ4v) is 4.95. The Morgan fingerprint density at radius 1 is 0.857 bits per heavy atom. The van der Waals surface area contributed by atoms with E-state index in [1.54, 1.807) is 48.5 Å². The molecule has 210 valence electrons. The van der Waals surface area contributed by atoms with Crippen LogP contribution in [0.4, 0.5) is 27.1 Å². The van der Waals surface area contributed by atoms with Crippen molar-refractivity contribution in [1.29, 1.82) is 0 Å². The highest BCUT2D eigenvalue weighted by Crippen LogP contribution is 2.38. The molecule has 12 heteroatoms. The molecule has 1 aliphatic heterocycles. The molecule has 4 aromatic carbocycles. The molecule has 3 amide bonds. The number of thioether (sulfide) groups is 1. The summed E-state index contributed by atoms with van der Waals surface area (Å²) in [5.41, 5.74) is 1.40. The summed E-state index contributed by atoms with van der Waals surface area (Å²) < 4.78 is 18.7. The first-order valence-corrected chi connectivity index (χ1v) is 13.2. The van der Waals surface area contributed by atoms with E-state index in [4.69, 9.17) is 4.74 Å². The Bertz CT molecular complexity index is 1710. The summed E-state index contributed by atoms with van der Waals surface area (Å²) in [5.74, 6) is -1.52. The maximum atomic E-state index is 13.5. The third-order valence-electron chi connectivity index (χ3n) is 6.16. The number of carbonyl (C=O) groups is 3. The van der Waals surface area contributed by atoms with E-state index in [9.17, 15) is 28.9 Å². The van der Waals surface area contributed by atoms with Gasteiger partial charge in [0.05, 0.1) is 17.7 Å².